The van der Waals surface area contributed by atoms with E-state index in [-0.39, 0.29) is 12.1 Å². The molecule has 1 atom stereocenters. The first-order valence-corrected chi connectivity index (χ1v) is 9.05. The molecule has 0 unspecified atom stereocenters. The van der Waals surface area contributed by atoms with Gasteiger partial charge in [0.2, 0.25) is 0 Å². The van der Waals surface area contributed by atoms with Crippen LogP contribution in [0.15, 0.2) is 35.1 Å². The van der Waals surface area contributed by atoms with E-state index >= 15 is 0 Å². The summed E-state index contributed by atoms with van der Waals surface area (Å²) >= 11 is 0. The van der Waals surface area contributed by atoms with Crippen LogP contribution in [0.5, 0.6) is 0 Å². The third-order valence-corrected chi connectivity index (χ3v) is 4.55. The van der Waals surface area contributed by atoms with E-state index in [9.17, 15) is 4.79 Å². The second-order valence-corrected chi connectivity index (χ2v) is 6.57. The number of carbonyl (C=O) groups is 1. The van der Waals surface area contributed by atoms with E-state index in [0.29, 0.717) is 31.2 Å². The zero-order valence-corrected chi connectivity index (χ0v) is 15.2. The number of nitrogens with one attached hydrogen (secondary N) is 1. The average molecular weight is 370 g/mol. The zero-order chi connectivity index (χ0) is 18.6. The highest BCUT2D eigenvalue weighted by Gasteiger charge is 2.23. The fourth-order valence-corrected chi connectivity index (χ4v) is 3.11. The van der Waals surface area contributed by atoms with Crippen molar-refractivity contribution < 1.29 is 14.1 Å². The van der Waals surface area contributed by atoms with Crippen molar-refractivity contribution in [2.75, 3.05) is 20.2 Å². The molecule has 142 valence electrons. The predicted molar refractivity (Wildman–Crippen MR) is 96.0 cm³/mol. The third kappa shape index (κ3) is 3.92. The SMILES string of the molecule is CN(Cc1cnc2ccccn12)C(=O)NCCc1noc([C@@H]2CCCO2)n1. The van der Waals surface area contributed by atoms with Gasteiger partial charge in [0.1, 0.15) is 11.8 Å². The van der Waals surface area contributed by atoms with Crippen LogP contribution in [0.1, 0.15) is 36.4 Å². The van der Waals surface area contributed by atoms with Gasteiger partial charge in [0.05, 0.1) is 18.4 Å². The first kappa shape index (κ1) is 17.5. The Hall–Kier alpha value is -2.94. The van der Waals surface area contributed by atoms with Gasteiger partial charge in [-0.3, -0.25) is 0 Å². The highest BCUT2D eigenvalue weighted by Crippen LogP contribution is 2.26. The molecule has 1 saturated heterocycles. The smallest absolute Gasteiger partial charge is 0.317 e. The maximum absolute atomic E-state index is 12.3. The van der Waals surface area contributed by atoms with Gasteiger partial charge < -0.3 is 23.9 Å². The van der Waals surface area contributed by atoms with Crippen LogP contribution in [0.25, 0.3) is 5.65 Å². The molecule has 4 heterocycles. The number of urea groups is 1. The van der Waals surface area contributed by atoms with Crippen LogP contribution in [0.2, 0.25) is 0 Å². The Bertz CT molecular complexity index is 915. The fraction of sp³-hybridized carbons (Fsp3) is 0.444. The van der Waals surface area contributed by atoms with Gasteiger partial charge in [0.15, 0.2) is 5.82 Å². The van der Waals surface area contributed by atoms with Crippen molar-refractivity contribution >= 4 is 11.7 Å². The minimum atomic E-state index is -0.163. The molecule has 9 nitrogen and oxygen atoms in total. The number of hydrogen-bond donors (Lipinski definition) is 1. The summed E-state index contributed by atoms with van der Waals surface area (Å²) in [5.41, 5.74) is 1.81. The van der Waals surface area contributed by atoms with E-state index in [1.165, 1.54) is 0 Å². The number of pyridine rings is 1. The molecule has 3 aromatic heterocycles. The topological polar surface area (TPSA) is 97.8 Å². The maximum atomic E-state index is 12.3. The van der Waals surface area contributed by atoms with Gasteiger partial charge in [0, 0.05) is 32.8 Å². The van der Waals surface area contributed by atoms with Crippen LogP contribution < -0.4 is 5.32 Å². The number of rotatable bonds is 6. The maximum Gasteiger partial charge on any atom is 0.317 e. The second kappa shape index (κ2) is 7.75. The summed E-state index contributed by atoms with van der Waals surface area (Å²) in [6.07, 6.45) is 6.06. The van der Waals surface area contributed by atoms with Gasteiger partial charge >= 0.3 is 6.03 Å². The molecule has 0 spiro atoms. The van der Waals surface area contributed by atoms with Gasteiger partial charge in [-0.25, -0.2) is 9.78 Å². The summed E-state index contributed by atoms with van der Waals surface area (Å²) in [7, 11) is 1.75. The molecule has 0 aromatic carbocycles. The van der Waals surface area contributed by atoms with E-state index in [1.807, 2.05) is 28.8 Å². The monoisotopic (exact) mass is 370 g/mol. The van der Waals surface area contributed by atoms with Gasteiger partial charge in [-0.1, -0.05) is 11.2 Å². The fourth-order valence-electron chi connectivity index (χ4n) is 3.11. The lowest BCUT2D eigenvalue weighted by atomic mass is 10.2. The van der Waals surface area contributed by atoms with Crippen molar-refractivity contribution in [3.05, 3.63) is 48.0 Å². The second-order valence-electron chi connectivity index (χ2n) is 6.57. The van der Waals surface area contributed by atoms with Crippen LogP contribution >= 0.6 is 0 Å². The number of carbonyl (C=O) groups excluding carboxylic acids is 1. The molecular weight excluding hydrogens is 348 g/mol. The minimum absolute atomic E-state index is 0.0857. The van der Waals surface area contributed by atoms with Gasteiger partial charge in [0.25, 0.3) is 5.89 Å². The number of ether oxygens (including phenoxy) is 1. The van der Waals surface area contributed by atoms with Crippen LogP contribution in [0.4, 0.5) is 4.79 Å². The lowest BCUT2D eigenvalue weighted by Crippen LogP contribution is -2.38. The van der Waals surface area contributed by atoms with E-state index in [1.54, 1.807) is 18.1 Å². The average Bonchev–Trinajstić information content (AvgIpc) is 3.42. The Morgan fingerprint density at radius 2 is 2.37 bits per heavy atom. The molecule has 1 N–H and O–H groups in total. The Morgan fingerprint density at radius 3 is 3.22 bits per heavy atom. The number of imidazole rings is 1. The van der Waals surface area contributed by atoms with Crippen LogP contribution in [-0.2, 0) is 17.7 Å². The first-order chi connectivity index (χ1) is 13.2. The number of nitrogens with zero attached hydrogens (tertiary/aromatic N) is 5. The van der Waals surface area contributed by atoms with E-state index in [4.69, 9.17) is 9.26 Å². The van der Waals surface area contributed by atoms with Gasteiger partial charge in [-0.15, -0.1) is 0 Å². The lowest BCUT2D eigenvalue weighted by Gasteiger charge is -2.17. The normalized spacial score (nSPS) is 16.7. The lowest BCUT2D eigenvalue weighted by molar-refractivity contribution is 0.0835. The summed E-state index contributed by atoms with van der Waals surface area (Å²) in [6, 6.07) is 5.64. The summed E-state index contributed by atoms with van der Waals surface area (Å²) in [5, 5.41) is 6.83. The van der Waals surface area contributed by atoms with Gasteiger partial charge in [-0.2, -0.15) is 4.98 Å². The third-order valence-electron chi connectivity index (χ3n) is 4.55. The summed E-state index contributed by atoms with van der Waals surface area (Å²) in [6.45, 7) is 1.63. The van der Waals surface area contributed by atoms with Crippen molar-refractivity contribution in [3.8, 4) is 0 Å². The molecule has 0 aliphatic carbocycles. The predicted octanol–water partition coefficient (Wildman–Crippen LogP) is 1.95. The Morgan fingerprint density at radius 1 is 1.44 bits per heavy atom. The molecular formula is C18H22N6O3. The largest absolute Gasteiger partial charge is 0.368 e. The number of amides is 2. The Labute approximate surface area is 156 Å². The van der Waals surface area contributed by atoms with Crippen molar-refractivity contribution in [3.63, 3.8) is 0 Å². The number of aromatic nitrogens is 4. The molecule has 27 heavy (non-hydrogen) atoms. The molecule has 1 aliphatic heterocycles. The summed E-state index contributed by atoms with van der Waals surface area (Å²) in [5.74, 6) is 1.10. The van der Waals surface area contributed by atoms with Crippen molar-refractivity contribution in [1.82, 2.24) is 29.7 Å². The van der Waals surface area contributed by atoms with Gasteiger partial charge in [-0.05, 0) is 25.0 Å². The van der Waals surface area contributed by atoms with Crippen molar-refractivity contribution in [1.29, 1.82) is 0 Å². The minimum Gasteiger partial charge on any atom is -0.368 e. The highest BCUT2D eigenvalue weighted by molar-refractivity contribution is 5.73. The Balaban J connectivity index is 1.26. The zero-order valence-electron chi connectivity index (χ0n) is 15.2. The highest BCUT2D eigenvalue weighted by atomic mass is 16.5. The molecule has 4 rings (SSSR count). The molecule has 1 aliphatic rings. The Kier molecular flexibility index (Phi) is 5.01. The molecule has 0 saturated carbocycles. The molecule has 9 heteroatoms. The quantitative estimate of drug-likeness (QED) is 0.712. The number of fused-ring (bicyclic) bond motifs is 1. The van der Waals surface area contributed by atoms with Crippen LogP contribution in [0, 0.1) is 0 Å². The van der Waals surface area contributed by atoms with E-state index in [0.717, 1.165) is 30.8 Å². The van der Waals surface area contributed by atoms with Crippen molar-refractivity contribution in [2.45, 2.75) is 31.9 Å². The molecule has 0 radical (unpaired) electrons. The standard InChI is InChI=1S/C18H22N6O3/c1-23(12-13-11-20-16-6-2-3-9-24(13)16)18(25)19-8-7-15-21-17(27-22-15)14-5-4-10-26-14/h2-3,6,9,11,14H,4-5,7-8,10,12H2,1H3,(H,19,25)/t14-/m0/s1. The summed E-state index contributed by atoms with van der Waals surface area (Å²) in [4.78, 5) is 22.6. The van der Waals surface area contributed by atoms with Crippen LogP contribution in [0.3, 0.4) is 0 Å². The molecule has 2 amide bonds. The van der Waals surface area contributed by atoms with Crippen molar-refractivity contribution in [2.24, 2.45) is 0 Å². The summed E-state index contributed by atoms with van der Waals surface area (Å²) < 4.78 is 12.7. The van der Waals surface area contributed by atoms with Crippen LogP contribution in [-0.4, -0.2) is 50.7 Å². The van der Waals surface area contributed by atoms with E-state index in [2.05, 4.69) is 20.4 Å². The molecule has 1 fully saturated rings. The number of hydrogen-bond acceptors (Lipinski definition) is 6. The molecule has 3 aromatic rings. The first-order valence-electron chi connectivity index (χ1n) is 9.05. The molecule has 0 bridgehead atoms. The van der Waals surface area contributed by atoms with E-state index < -0.39 is 0 Å².